The van der Waals surface area contributed by atoms with Gasteiger partial charge in [-0.15, -0.1) is 0 Å². The van der Waals surface area contributed by atoms with Gasteiger partial charge in [0.15, 0.2) is 0 Å². The van der Waals surface area contributed by atoms with Crippen molar-refractivity contribution in [3.8, 4) is 0 Å². The molecule has 12 heavy (non-hydrogen) atoms. The van der Waals surface area contributed by atoms with Crippen molar-refractivity contribution >= 4 is 41.1 Å². The van der Waals surface area contributed by atoms with Crippen LogP contribution in [-0.4, -0.2) is 16.1 Å². The third-order valence-corrected chi connectivity index (χ3v) is 6.18. The summed E-state index contributed by atoms with van der Waals surface area (Å²) in [5.41, 5.74) is 0. The van der Waals surface area contributed by atoms with Crippen molar-refractivity contribution in [3.63, 3.8) is 0 Å². The Labute approximate surface area is 87.0 Å². The van der Waals surface area contributed by atoms with Crippen LogP contribution in [0.15, 0.2) is 0 Å². The molecule has 6 heteroatoms. The maximum absolute atomic E-state index is 10.8. The van der Waals surface area contributed by atoms with Gasteiger partial charge in [-0.05, 0) is 20.8 Å². The largest absolute Gasteiger partial charge is 0.408 e. The van der Waals surface area contributed by atoms with E-state index in [1.54, 1.807) is 21.6 Å². The van der Waals surface area contributed by atoms with E-state index >= 15 is 0 Å². The molecule has 1 saturated heterocycles. The molecule has 2 nitrogen and oxygen atoms in total. The Kier molecular flexibility index (Phi) is 3.82. The first kappa shape index (κ1) is 11.2. The highest BCUT2D eigenvalue weighted by molar-refractivity contribution is 8.77. The van der Waals surface area contributed by atoms with E-state index in [1.807, 2.05) is 0 Å². The Hall–Kier alpha value is 1.11. The molecule has 0 N–H and O–H groups in total. The molecule has 1 aliphatic heterocycles. The molecule has 0 aromatic heterocycles. The fourth-order valence-corrected chi connectivity index (χ4v) is 5.35. The molecule has 0 bridgehead atoms. The van der Waals surface area contributed by atoms with E-state index < -0.39 is 7.23 Å². The van der Waals surface area contributed by atoms with Crippen molar-refractivity contribution in [1.29, 1.82) is 0 Å². The van der Waals surface area contributed by atoms with Gasteiger partial charge in [-0.1, -0.05) is 26.2 Å². The zero-order chi connectivity index (χ0) is 9.35. The zero-order valence-corrected chi connectivity index (χ0v) is 10.5. The Morgan fingerprint density at radius 1 is 1.58 bits per heavy atom. The molecule has 0 spiro atoms. The van der Waals surface area contributed by atoms with Gasteiger partial charge in [0.25, 0.3) is 0 Å². The Bertz CT molecular complexity index is 197. The van der Waals surface area contributed by atoms with Crippen LogP contribution in [-0.2, 0) is 21.3 Å². The number of hydrogen-bond donors (Lipinski definition) is 0. The van der Waals surface area contributed by atoms with Crippen LogP contribution in [0.1, 0.15) is 20.8 Å². The molecule has 3 atom stereocenters. The molecular formula is C6H11O2PS3. The topological polar surface area (TPSA) is 26.3 Å². The minimum absolute atomic E-state index is 0.00797. The maximum atomic E-state index is 10.8. The summed E-state index contributed by atoms with van der Waals surface area (Å²) in [5.74, 6) is 0. The second-order valence-corrected chi connectivity index (χ2v) is 8.02. The summed E-state index contributed by atoms with van der Waals surface area (Å²) in [4.78, 5) is 0. The smallest absolute Gasteiger partial charge is 0.372 e. The second-order valence-electron chi connectivity index (χ2n) is 3.24. The van der Waals surface area contributed by atoms with Crippen molar-refractivity contribution < 1.29 is 9.09 Å². The van der Waals surface area contributed by atoms with E-state index in [0.717, 1.165) is 0 Å². The van der Waals surface area contributed by atoms with E-state index in [0.29, 0.717) is 5.25 Å². The minimum Gasteiger partial charge on any atom is -0.408 e. The molecule has 1 aliphatic rings. The molecule has 0 amide bonds. The molecule has 0 radical (unpaired) electrons. The Balaban J connectivity index is 2.65. The van der Waals surface area contributed by atoms with Gasteiger partial charge >= 0.3 is 7.23 Å². The number of rotatable bonds is 2. The molecule has 0 aromatic carbocycles. The van der Waals surface area contributed by atoms with E-state index in [1.165, 1.54) is 0 Å². The van der Waals surface area contributed by atoms with Crippen LogP contribution in [0.25, 0.3) is 0 Å². The standard InChI is InChI=1S/C6H11O2PS3/c1-4-5(8-9(7)10)6(2,3)12-11-4/h4-5H,1-3H3/t4-,5-/m0/s1. The van der Waals surface area contributed by atoms with E-state index in [-0.39, 0.29) is 10.9 Å². The van der Waals surface area contributed by atoms with E-state index in [4.69, 9.17) is 4.52 Å². The average Bonchev–Trinajstić information content (AvgIpc) is 2.15. The first-order chi connectivity index (χ1) is 5.43. The first-order valence-corrected chi connectivity index (χ1v) is 7.99. The Morgan fingerprint density at radius 2 is 2.17 bits per heavy atom. The van der Waals surface area contributed by atoms with Crippen LogP contribution >= 0.6 is 28.8 Å². The predicted molar refractivity (Wildman–Crippen MR) is 58.6 cm³/mol. The molecule has 1 unspecified atom stereocenters. The predicted octanol–water partition coefficient (Wildman–Crippen LogP) is 3.14. The van der Waals surface area contributed by atoms with Crippen molar-refractivity contribution in [2.45, 2.75) is 36.9 Å². The van der Waals surface area contributed by atoms with Gasteiger partial charge in [-0.2, -0.15) is 4.52 Å². The van der Waals surface area contributed by atoms with Crippen molar-refractivity contribution in [2.24, 2.45) is 0 Å². The summed E-state index contributed by atoms with van der Waals surface area (Å²) in [7, 11) is 1.66. The Morgan fingerprint density at radius 3 is 2.50 bits per heavy atom. The first-order valence-electron chi connectivity index (χ1n) is 3.59. The van der Waals surface area contributed by atoms with Crippen molar-refractivity contribution in [2.75, 3.05) is 0 Å². The summed E-state index contributed by atoms with van der Waals surface area (Å²) in [6.45, 7) is 6.26. The van der Waals surface area contributed by atoms with Crippen LogP contribution in [0.2, 0.25) is 0 Å². The minimum atomic E-state index is -1.89. The fraction of sp³-hybridized carbons (Fsp3) is 1.00. The molecule has 1 rings (SSSR count). The van der Waals surface area contributed by atoms with Crippen molar-refractivity contribution in [1.82, 2.24) is 0 Å². The molecular weight excluding hydrogens is 231 g/mol. The normalized spacial score (nSPS) is 35.2. The van der Waals surface area contributed by atoms with Crippen LogP contribution in [0.3, 0.4) is 0 Å². The van der Waals surface area contributed by atoms with Crippen LogP contribution in [0.5, 0.6) is 0 Å². The SMILES string of the molecule is C[C@@H]1SSC(C)(C)[C@H]1O[P+](=O)[S-]. The van der Waals surface area contributed by atoms with Gasteiger partial charge in [-0.25, -0.2) is 0 Å². The quantitative estimate of drug-likeness (QED) is 0.421. The van der Waals surface area contributed by atoms with Crippen LogP contribution in [0.4, 0.5) is 0 Å². The number of hydrogen-bond acceptors (Lipinski definition) is 5. The summed E-state index contributed by atoms with van der Waals surface area (Å²) in [6, 6.07) is 0. The van der Waals surface area contributed by atoms with Gasteiger partial charge in [0.05, 0.1) is 4.75 Å². The fourth-order valence-electron chi connectivity index (χ4n) is 1.17. The maximum Gasteiger partial charge on any atom is 0.372 e. The van der Waals surface area contributed by atoms with Crippen molar-refractivity contribution in [3.05, 3.63) is 0 Å². The summed E-state index contributed by atoms with van der Waals surface area (Å²) in [5, 5.41) is 0.367. The highest BCUT2D eigenvalue weighted by Crippen LogP contribution is 2.53. The van der Waals surface area contributed by atoms with E-state index in [9.17, 15) is 4.57 Å². The van der Waals surface area contributed by atoms with E-state index in [2.05, 4.69) is 33.0 Å². The molecule has 70 valence electrons. The third kappa shape index (κ3) is 2.55. The zero-order valence-electron chi connectivity index (χ0n) is 7.14. The van der Waals surface area contributed by atoms with Gasteiger partial charge in [-0.3, -0.25) is 0 Å². The summed E-state index contributed by atoms with van der Waals surface area (Å²) >= 11 is 4.54. The average molecular weight is 242 g/mol. The molecule has 1 fully saturated rings. The molecule has 0 saturated carbocycles. The summed E-state index contributed by atoms with van der Waals surface area (Å²) < 4.78 is 16.0. The highest BCUT2D eigenvalue weighted by atomic mass is 33.1. The molecule has 0 aromatic rings. The lowest BCUT2D eigenvalue weighted by molar-refractivity contribution is 0.191. The van der Waals surface area contributed by atoms with Gasteiger partial charge in [0.2, 0.25) is 0 Å². The third-order valence-electron chi connectivity index (χ3n) is 1.73. The second kappa shape index (κ2) is 4.09. The monoisotopic (exact) mass is 242 g/mol. The lowest BCUT2D eigenvalue weighted by atomic mass is 10.0. The summed E-state index contributed by atoms with van der Waals surface area (Å²) in [6.07, 6.45) is 0.00797. The van der Waals surface area contributed by atoms with Gasteiger partial charge in [0, 0.05) is 5.25 Å². The molecule has 1 heterocycles. The van der Waals surface area contributed by atoms with Crippen LogP contribution in [0, 0.1) is 0 Å². The van der Waals surface area contributed by atoms with Gasteiger partial charge < -0.3 is 12.2 Å². The van der Waals surface area contributed by atoms with Crippen LogP contribution < -0.4 is 0 Å². The molecule has 0 aliphatic carbocycles. The highest BCUT2D eigenvalue weighted by Gasteiger charge is 2.45. The van der Waals surface area contributed by atoms with Gasteiger partial charge in [0.1, 0.15) is 6.10 Å². The lowest BCUT2D eigenvalue weighted by Crippen LogP contribution is -2.34. The lowest BCUT2D eigenvalue weighted by Gasteiger charge is -2.22.